The van der Waals surface area contributed by atoms with E-state index in [0.717, 1.165) is 19.3 Å². The van der Waals surface area contributed by atoms with Gasteiger partial charge in [-0.1, -0.05) is 6.92 Å². The van der Waals surface area contributed by atoms with Crippen LogP contribution in [0.5, 0.6) is 0 Å². The van der Waals surface area contributed by atoms with E-state index in [1.54, 1.807) is 0 Å². The van der Waals surface area contributed by atoms with E-state index in [0.29, 0.717) is 12.1 Å². The molecule has 0 radical (unpaired) electrons. The summed E-state index contributed by atoms with van der Waals surface area (Å²) in [5, 5.41) is 3.45. The van der Waals surface area contributed by atoms with Gasteiger partial charge in [0.15, 0.2) is 0 Å². The molecule has 0 amide bonds. The van der Waals surface area contributed by atoms with E-state index in [-0.39, 0.29) is 18.0 Å². The zero-order chi connectivity index (χ0) is 10.1. The van der Waals surface area contributed by atoms with Crippen molar-refractivity contribution in [2.45, 2.75) is 57.7 Å². The Morgan fingerprint density at radius 1 is 1.57 bits per heavy atom. The van der Waals surface area contributed by atoms with E-state index >= 15 is 0 Å². The second-order valence-electron chi connectivity index (χ2n) is 4.55. The molecule has 1 N–H and O–H groups in total. The molecule has 80 valence electrons. The molecule has 3 heteroatoms. The summed E-state index contributed by atoms with van der Waals surface area (Å²) in [6.45, 7) is 4.00. The number of carbonyl (C=O) groups excluding carboxylic acids is 1. The minimum absolute atomic E-state index is 0.0130. The number of hydrogen-bond donors (Lipinski definition) is 1. The fraction of sp³-hybridized carbons (Fsp3) is 0.909. The Morgan fingerprint density at radius 3 is 2.86 bits per heavy atom. The summed E-state index contributed by atoms with van der Waals surface area (Å²) in [6, 6.07) is 0.978. The second kappa shape index (κ2) is 3.89. The number of ether oxygens (including phenoxy) is 1. The van der Waals surface area contributed by atoms with E-state index in [4.69, 9.17) is 4.74 Å². The van der Waals surface area contributed by atoms with Crippen molar-refractivity contribution in [1.82, 2.24) is 5.32 Å². The first-order valence-corrected chi connectivity index (χ1v) is 5.67. The van der Waals surface area contributed by atoms with Gasteiger partial charge in [-0.2, -0.15) is 0 Å². The summed E-state index contributed by atoms with van der Waals surface area (Å²) in [7, 11) is 0. The Kier molecular flexibility index (Phi) is 2.77. The Bertz CT molecular complexity index is 229. The Labute approximate surface area is 85.2 Å². The summed E-state index contributed by atoms with van der Waals surface area (Å²) in [5.74, 6) is 0.141. The average Bonchev–Trinajstić information content (AvgIpc) is 2.78. The molecule has 0 saturated carbocycles. The molecule has 4 unspecified atom stereocenters. The van der Waals surface area contributed by atoms with Crippen LogP contribution in [0.4, 0.5) is 0 Å². The van der Waals surface area contributed by atoms with E-state index in [9.17, 15) is 4.79 Å². The number of rotatable bonds is 3. The standard InChI is InChI=1S/C11H19NO2/c1-3-7(2)14-11(13)9-6-8-4-5-10(9)12-8/h7-10,12H,3-6H2,1-2H3. The molecule has 2 aliphatic heterocycles. The lowest BCUT2D eigenvalue weighted by Crippen LogP contribution is -2.31. The zero-order valence-electron chi connectivity index (χ0n) is 8.95. The maximum Gasteiger partial charge on any atom is 0.310 e. The predicted molar refractivity (Wildman–Crippen MR) is 53.9 cm³/mol. The lowest BCUT2D eigenvalue weighted by molar-refractivity contribution is -0.154. The van der Waals surface area contributed by atoms with E-state index in [1.165, 1.54) is 6.42 Å². The smallest absolute Gasteiger partial charge is 0.310 e. The van der Waals surface area contributed by atoms with Crippen molar-refractivity contribution in [3.63, 3.8) is 0 Å². The van der Waals surface area contributed by atoms with Crippen LogP contribution in [-0.2, 0) is 9.53 Å². The highest BCUT2D eigenvalue weighted by molar-refractivity contribution is 5.74. The van der Waals surface area contributed by atoms with Crippen LogP contribution in [0.15, 0.2) is 0 Å². The van der Waals surface area contributed by atoms with Crippen molar-refractivity contribution in [2.24, 2.45) is 5.92 Å². The Hall–Kier alpha value is -0.570. The predicted octanol–water partition coefficient (Wildman–Crippen LogP) is 1.47. The molecule has 2 aliphatic rings. The van der Waals surface area contributed by atoms with Crippen LogP contribution in [0.25, 0.3) is 0 Å². The van der Waals surface area contributed by atoms with Crippen molar-refractivity contribution in [3.8, 4) is 0 Å². The topological polar surface area (TPSA) is 38.3 Å². The maximum atomic E-state index is 11.7. The van der Waals surface area contributed by atoms with Crippen molar-refractivity contribution in [1.29, 1.82) is 0 Å². The molecule has 0 aromatic heterocycles. The zero-order valence-corrected chi connectivity index (χ0v) is 8.95. The molecule has 14 heavy (non-hydrogen) atoms. The van der Waals surface area contributed by atoms with Gasteiger partial charge in [0, 0.05) is 12.1 Å². The van der Waals surface area contributed by atoms with Crippen LogP contribution in [0, 0.1) is 5.92 Å². The summed E-state index contributed by atoms with van der Waals surface area (Å²) >= 11 is 0. The maximum absolute atomic E-state index is 11.7. The lowest BCUT2D eigenvalue weighted by Gasteiger charge is -2.20. The van der Waals surface area contributed by atoms with E-state index < -0.39 is 0 Å². The number of hydrogen-bond acceptors (Lipinski definition) is 3. The molecule has 2 heterocycles. The number of fused-ring (bicyclic) bond motifs is 2. The molecule has 2 saturated heterocycles. The van der Waals surface area contributed by atoms with Gasteiger partial charge in [-0.15, -0.1) is 0 Å². The quantitative estimate of drug-likeness (QED) is 0.696. The number of nitrogens with one attached hydrogen (secondary N) is 1. The molecule has 3 nitrogen and oxygen atoms in total. The molecular formula is C11H19NO2. The van der Waals surface area contributed by atoms with Gasteiger partial charge >= 0.3 is 5.97 Å². The number of carbonyl (C=O) groups is 1. The van der Waals surface area contributed by atoms with Crippen LogP contribution in [0.2, 0.25) is 0 Å². The molecule has 2 bridgehead atoms. The Balaban J connectivity index is 1.87. The third kappa shape index (κ3) is 1.78. The van der Waals surface area contributed by atoms with Crippen molar-refractivity contribution in [3.05, 3.63) is 0 Å². The largest absolute Gasteiger partial charge is 0.462 e. The first-order valence-electron chi connectivity index (χ1n) is 5.67. The summed E-state index contributed by atoms with van der Waals surface area (Å²) < 4.78 is 5.36. The van der Waals surface area contributed by atoms with Gasteiger partial charge < -0.3 is 10.1 Å². The van der Waals surface area contributed by atoms with Crippen LogP contribution < -0.4 is 5.32 Å². The van der Waals surface area contributed by atoms with Gasteiger partial charge in [0.2, 0.25) is 0 Å². The van der Waals surface area contributed by atoms with E-state index in [2.05, 4.69) is 5.32 Å². The minimum atomic E-state index is 0.0130. The van der Waals surface area contributed by atoms with Gasteiger partial charge in [0.1, 0.15) is 0 Å². The first kappa shape index (κ1) is 9.97. The molecule has 2 fully saturated rings. The molecular weight excluding hydrogens is 178 g/mol. The Morgan fingerprint density at radius 2 is 2.36 bits per heavy atom. The highest BCUT2D eigenvalue weighted by Gasteiger charge is 2.43. The average molecular weight is 197 g/mol. The highest BCUT2D eigenvalue weighted by Crippen LogP contribution is 2.34. The second-order valence-corrected chi connectivity index (χ2v) is 4.55. The SMILES string of the molecule is CCC(C)OC(=O)C1CC2CCC1N2. The number of esters is 1. The molecule has 0 aliphatic carbocycles. The lowest BCUT2D eigenvalue weighted by atomic mass is 9.89. The van der Waals surface area contributed by atoms with E-state index in [1.807, 2.05) is 13.8 Å². The van der Waals surface area contributed by atoms with Crippen LogP contribution in [0.1, 0.15) is 39.5 Å². The van der Waals surface area contributed by atoms with Gasteiger partial charge in [0.05, 0.1) is 12.0 Å². The molecule has 0 spiro atoms. The van der Waals surface area contributed by atoms with Crippen LogP contribution in [-0.4, -0.2) is 24.2 Å². The first-order chi connectivity index (χ1) is 6.70. The van der Waals surface area contributed by atoms with Gasteiger partial charge in [-0.05, 0) is 32.6 Å². The molecule has 4 atom stereocenters. The summed E-state index contributed by atoms with van der Waals surface area (Å²) in [5.41, 5.74) is 0. The fourth-order valence-electron chi connectivity index (χ4n) is 2.45. The normalized spacial score (nSPS) is 37.1. The van der Waals surface area contributed by atoms with Crippen LogP contribution >= 0.6 is 0 Å². The third-order valence-electron chi connectivity index (χ3n) is 3.50. The monoisotopic (exact) mass is 197 g/mol. The van der Waals surface area contributed by atoms with Crippen molar-refractivity contribution >= 4 is 5.97 Å². The van der Waals surface area contributed by atoms with Gasteiger partial charge in [-0.25, -0.2) is 0 Å². The fourth-order valence-corrected chi connectivity index (χ4v) is 2.45. The molecule has 0 aromatic carbocycles. The molecule has 0 aromatic rings. The van der Waals surface area contributed by atoms with Gasteiger partial charge in [-0.3, -0.25) is 4.79 Å². The van der Waals surface area contributed by atoms with Crippen molar-refractivity contribution < 1.29 is 9.53 Å². The van der Waals surface area contributed by atoms with Crippen LogP contribution in [0.3, 0.4) is 0 Å². The van der Waals surface area contributed by atoms with Gasteiger partial charge in [0.25, 0.3) is 0 Å². The molecule has 2 rings (SSSR count). The van der Waals surface area contributed by atoms with Crippen molar-refractivity contribution in [2.75, 3.05) is 0 Å². The summed E-state index contributed by atoms with van der Waals surface area (Å²) in [6.07, 6.45) is 4.34. The minimum Gasteiger partial charge on any atom is -0.462 e. The summed E-state index contributed by atoms with van der Waals surface area (Å²) in [4.78, 5) is 11.7. The highest BCUT2D eigenvalue weighted by atomic mass is 16.5. The third-order valence-corrected chi connectivity index (χ3v) is 3.50.